The molecule has 0 saturated heterocycles. The number of anilines is 2. The normalized spacial score (nSPS) is 10.4. The van der Waals surface area contributed by atoms with Crippen LogP contribution in [0.1, 0.15) is 12.5 Å². The van der Waals surface area contributed by atoms with E-state index in [0.717, 1.165) is 29.8 Å². The summed E-state index contributed by atoms with van der Waals surface area (Å²) in [5, 5.41) is 5.13. The van der Waals surface area contributed by atoms with E-state index in [9.17, 15) is 18.0 Å². The highest BCUT2D eigenvalue weighted by molar-refractivity contribution is 5.93. The number of carbonyl (C=O) groups excluding carboxylic acids is 1. The largest absolute Gasteiger partial charge is 0.376 e. The second-order valence-corrected chi connectivity index (χ2v) is 4.64. The summed E-state index contributed by atoms with van der Waals surface area (Å²) in [7, 11) is 0. The lowest BCUT2D eigenvalue weighted by Crippen LogP contribution is -2.23. The molecule has 2 aromatic carbocycles. The number of hydrogen-bond acceptors (Lipinski definition) is 2. The molecule has 0 aromatic heterocycles. The minimum absolute atomic E-state index is 0.116. The zero-order valence-corrected chi connectivity index (χ0v) is 11.9. The predicted octanol–water partition coefficient (Wildman–Crippen LogP) is 3.72. The first-order valence-corrected chi connectivity index (χ1v) is 6.78. The first-order chi connectivity index (χ1) is 10.5. The summed E-state index contributed by atoms with van der Waals surface area (Å²) in [5.74, 6) is -4.88. The molecular formula is C16H15F3N2O. The highest BCUT2D eigenvalue weighted by Gasteiger charge is 2.15. The molecule has 0 atom stereocenters. The van der Waals surface area contributed by atoms with E-state index in [2.05, 4.69) is 10.6 Å². The zero-order valence-electron chi connectivity index (χ0n) is 11.9. The van der Waals surface area contributed by atoms with Crippen LogP contribution in [0.2, 0.25) is 0 Å². The van der Waals surface area contributed by atoms with E-state index in [1.807, 2.05) is 31.2 Å². The Bertz CT molecular complexity index is 689. The van der Waals surface area contributed by atoms with Gasteiger partial charge in [-0.15, -0.1) is 0 Å². The molecule has 0 heterocycles. The van der Waals surface area contributed by atoms with Gasteiger partial charge in [-0.3, -0.25) is 4.79 Å². The van der Waals surface area contributed by atoms with Crippen molar-refractivity contribution in [3.63, 3.8) is 0 Å². The Morgan fingerprint density at radius 1 is 1.00 bits per heavy atom. The van der Waals surface area contributed by atoms with Gasteiger partial charge >= 0.3 is 0 Å². The lowest BCUT2D eigenvalue weighted by atomic mass is 10.1. The molecule has 2 N–H and O–H groups in total. The van der Waals surface area contributed by atoms with Gasteiger partial charge in [-0.25, -0.2) is 13.2 Å². The number of para-hydroxylation sites is 1. The van der Waals surface area contributed by atoms with Crippen LogP contribution in [-0.2, 0) is 11.2 Å². The molecule has 0 radical (unpaired) electrons. The van der Waals surface area contributed by atoms with Crippen molar-refractivity contribution in [3.8, 4) is 0 Å². The third kappa shape index (κ3) is 3.58. The summed E-state index contributed by atoms with van der Waals surface area (Å²) in [6.45, 7) is 1.87. The zero-order chi connectivity index (χ0) is 16.1. The molecule has 0 spiro atoms. The number of amides is 1. The van der Waals surface area contributed by atoms with Crippen LogP contribution < -0.4 is 10.6 Å². The van der Waals surface area contributed by atoms with Crippen molar-refractivity contribution < 1.29 is 18.0 Å². The van der Waals surface area contributed by atoms with Gasteiger partial charge in [0.1, 0.15) is 0 Å². The fraction of sp³-hybridized carbons (Fsp3) is 0.188. The van der Waals surface area contributed by atoms with Gasteiger partial charge in [0.15, 0.2) is 17.5 Å². The maximum atomic E-state index is 13.5. The summed E-state index contributed by atoms with van der Waals surface area (Å²) < 4.78 is 39.3. The second kappa shape index (κ2) is 6.98. The highest BCUT2D eigenvalue weighted by Crippen LogP contribution is 2.20. The van der Waals surface area contributed by atoms with Gasteiger partial charge in [0.2, 0.25) is 5.91 Å². The van der Waals surface area contributed by atoms with Gasteiger partial charge in [-0.05, 0) is 30.2 Å². The number of aryl methyl sites for hydroxylation is 1. The molecule has 0 fully saturated rings. The molecule has 116 valence electrons. The number of nitrogens with one attached hydrogen (secondary N) is 2. The van der Waals surface area contributed by atoms with E-state index in [-0.39, 0.29) is 6.54 Å². The Morgan fingerprint density at radius 2 is 1.73 bits per heavy atom. The molecular weight excluding hydrogens is 293 g/mol. The molecule has 0 aliphatic carbocycles. The van der Waals surface area contributed by atoms with E-state index < -0.39 is 29.0 Å². The SMILES string of the molecule is CCc1ccccc1NCC(=O)Nc1ccc(F)c(F)c1F. The molecule has 6 heteroatoms. The van der Waals surface area contributed by atoms with Crippen LogP contribution in [0, 0.1) is 17.5 Å². The lowest BCUT2D eigenvalue weighted by molar-refractivity contribution is -0.114. The lowest BCUT2D eigenvalue weighted by Gasteiger charge is -2.11. The minimum Gasteiger partial charge on any atom is -0.376 e. The number of hydrogen-bond donors (Lipinski definition) is 2. The van der Waals surface area contributed by atoms with Crippen molar-refractivity contribution in [1.29, 1.82) is 0 Å². The predicted molar refractivity (Wildman–Crippen MR) is 79.3 cm³/mol. The van der Waals surface area contributed by atoms with Crippen LogP contribution in [0.3, 0.4) is 0 Å². The highest BCUT2D eigenvalue weighted by atomic mass is 19.2. The van der Waals surface area contributed by atoms with Crippen LogP contribution in [0.25, 0.3) is 0 Å². The summed E-state index contributed by atoms with van der Waals surface area (Å²) in [5.41, 5.74) is 1.44. The van der Waals surface area contributed by atoms with Crippen LogP contribution >= 0.6 is 0 Å². The van der Waals surface area contributed by atoms with E-state index in [1.54, 1.807) is 0 Å². The average Bonchev–Trinajstić information content (AvgIpc) is 2.53. The van der Waals surface area contributed by atoms with Crippen LogP contribution in [0.5, 0.6) is 0 Å². The van der Waals surface area contributed by atoms with Crippen molar-refractivity contribution in [2.45, 2.75) is 13.3 Å². The van der Waals surface area contributed by atoms with Crippen molar-refractivity contribution in [1.82, 2.24) is 0 Å². The fourth-order valence-corrected chi connectivity index (χ4v) is 1.99. The standard InChI is InChI=1S/C16H15F3N2O/c1-2-10-5-3-4-6-12(10)20-9-14(22)21-13-8-7-11(17)15(18)16(13)19/h3-8,20H,2,9H2,1H3,(H,21,22). The molecule has 0 bridgehead atoms. The minimum atomic E-state index is -1.61. The van der Waals surface area contributed by atoms with Crippen LogP contribution in [0.4, 0.5) is 24.5 Å². The second-order valence-electron chi connectivity index (χ2n) is 4.64. The first-order valence-electron chi connectivity index (χ1n) is 6.78. The Morgan fingerprint density at radius 3 is 2.45 bits per heavy atom. The van der Waals surface area contributed by atoms with E-state index >= 15 is 0 Å². The maximum Gasteiger partial charge on any atom is 0.243 e. The third-order valence-corrected chi connectivity index (χ3v) is 3.15. The summed E-state index contributed by atoms with van der Waals surface area (Å²) in [6, 6.07) is 9.20. The Kier molecular flexibility index (Phi) is 5.04. The van der Waals surface area contributed by atoms with Crippen LogP contribution in [-0.4, -0.2) is 12.5 Å². The van der Waals surface area contributed by atoms with Gasteiger partial charge in [0.25, 0.3) is 0 Å². The van der Waals surface area contributed by atoms with Gasteiger partial charge in [0.05, 0.1) is 12.2 Å². The molecule has 0 aliphatic rings. The van der Waals surface area contributed by atoms with Crippen molar-refractivity contribution in [2.24, 2.45) is 0 Å². The van der Waals surface area contributed by atoms with Crippen molar-refractivity contribution in [3.05, 3.63) is 59.4 Å². The molecule has 0 saturated carbocycles. The number of halogens is 3. The van der Waals surface area contributed by atoms with Gasteiger partial charge < -0.3 is 10.6 Å². The Labute approximate surface area is 126 Å². The van der Waals surface area contributed by atoms with Crippen LogP contribution in [0.15, 0.2) is 36.4 Å². The van der Waals surface area contributed by atoms with E-state index in [0.29, 0.717) is 0 Å². The molecule has 0 aliphatic heterocycles. The van der Waals surface area contributed by atoms with E-state index in [4.69, 9.17) is 0 Å². The number of rotatable bonds is 5. The van der Waals surface area contributed by atoms with E-state index in [1.165, 1.54) is 0 Å². The maximum absolute atomic E-state index is 13.5. The first kappa shape index (κ1) is 15.9. The molecule has 1 amide bonds. The third-order valence-electron chi connectivity index (χ3n) is 3.15. The molecule has 0 unspecified atom stereocenters. The Balaban J connectivity index is 2.01. The average molecular weight is 308 g/mol. The monoisotopic (exact) mass is 308 g/mol. The molecule has 3 nitrogen and oxygen atoms in total. The number of carbonyl (C=O) groups is 1. The van der Waals surface area contributed by atoms with Crippen molar-refractivity contribution >= 4 is 17.3 Å². The summed E-state index contributed by atoms with van der Waals surface area (Å²) in [6.07, 6.45) is 0.794. The quantitative estimate of drug-likeness (QED) is 0.827. The van der Waals surface area contributed by atoms with Gasteiger partial charge in [-0.1, -0.05) is 25.1 Å². The summed E-state index contributed by atoms with van der Waals surface area (Å²) in [4.78, 5) is 11.8. The topological polar surface area (TPSA) is 41.1 Å². The molecule has 2 aromatic rings. The fourth-order valence-electron chi connectivity index (χ4n) is 1.99. The Hall–Kier alpha value is -2.50. The molecule has 2 rings (SSSR count). The smallest absolute Gasteiger partial charge is 0.243 e. The van der Waals surface area contributed by atoms with Gasteiger partial charge in [0, 0.05) is 5.69 Å². The van der Waals surface area contributed by atoms with Crippen molar-refractivity contribution in [2.75, 3.05) is 17.2 Å². The van der Waals surface area contributed by atoms with Gasteiger partial charge in [-0.2, -0.15) is 0 Å². The number of benzene rings is 2. The molecule has 22 heavy (non-hydrogen) atoms. The summed E-state index contributed by atoms with van der Waals surface area (Å²) >= 11 is 0.